The van der Waals surface area contributed by atoms with Gasteiger partial charge in [-0.2, -0.15) is 5.10 Å². The van der Waals surface area contributed by atoms with E-state index in [4.69, 9.17) is 5.41 Å². The molecule has 0 fully saturated rings. The third-order valence-electron chi connectivity index (χ3n) is 3.21. The highest BCUT2D eigenvalue weighted by Crippen LogP contribution is 2.14. The summed E-state index contributed by atoms with van der Waals surface area (Å²) in [7, 11) is 0. The van der Waals surface area contributed by atoms with Crippen LogP contribution in [0.15, 0.2) is 54.7 Å². The van der Waals surface area contributed by atoms with Crippen LogP contribution in [-0.4, -0.2) is 28.2 Å². The predicted molar refractivity (Wildman–Crippen MR) is 91.9 cm³/mol. The van der Waals surface area contributed by atoms with E-state index in [0.29, 0.717) is 5.71 Å². The van der Waals surface area contributed by atoms with Crippen molar-refractivity contribution in [2.45, 2.75) is 39.3 Å². The summed E-state index contributed by atoms with van der Waals surface area (Å²) >= 11 is 0. The predicted octanol–water partition coefficient (Wildman–Crippen LogP) is 3.23. The van der Waals surface area contributed by atoms with Gasteiger partial charge < -0.3 is 5.11 Å². The lowest BCUT2D eigenvalue weighted by molar-refractivity contribution is 0.115. The minimum atomic E-state index is -0.734. The molecule has 0 aromatic carbocycles. The van der Waals surface area contributed by atoms with E-state index in [1.54, 1.807) is 19.1 Å². The first-order valence-electron chi connectivity index (χ1n) is 6.99. The number of nitrogens with zero attached hydrogens (tertiary/aromatic N) is 1. The fraction of sp³-hybridized carbons (Fsp3) is 0.412. The van der Waals surface area contributed by atoms with Gasteiger partial charge in [-0.05, 0) is 38.8 Å². The number of hydrazone groups is 1. The Morgan fingerprint density at radius 3 is 2.43 bits per heavy atom. The van der Waals surface area contributed by atoms with E-state index in [9.17, 15) is 5.11 Å². The van der Waals surface area contributed by atoms with Gasteiger partial charge >= 0.3 is 0 Å². The van der Waals surface area contributed by atoms with Crippen LogP contribution in [0.25, 0.3) is 0 Å². The topological polar surface area (TPSA) is 68.5 Å². The Morgan fingerprint density at radius 1 is 1.38 bits per heavy atom. The standard InChI is InChI=1S/C17H27N3O/c1-7-10-15(18)16(9-3)19-20-17(6,14(5)21)12-11-13(4)8-2/h7-14,18,20-21H,2-3H2,1,4-6H3/b10-7-,12-11-,18-15?,19-16-/t13-,14?,17?/m0/s1. The molecule has 0 saturated heterocycles. The summed E-state index contributed by atoms with van der Waals surface area (Å²) in [5, 5.41) is 22.0. The van der Waals surface area contributed by atoms with Gasteiger partial charge in [-0.3, -0.25) is 10.8 Å². The highest BCUT2D eigenvalue weighted by Gasteiger charge is 2.26. The van der Waals surface area contributed by atoms with Crippen LogP contribution < -0.4 is 5.43 Å². The molecule has 4 nitrogen and oxygen atoms in total. The molecule has 0 aromatic rings. The highest BCUT2D eigenvalue weighted by atomic mass is 16.3. The van der Waals surface area contributed by atoms with Crippen molar-refractivity contribution in [3.8, 4) is 0 Å². The average Bonchev–Trinajstić information content (AvgIpc) is 2.45. The van der Waals surface area contributed by atoms with Crippen molar-refractivity contribution < 1.29 is 5.11 Å². The zero-order valence-electron chi connectivity index (χ0n) is 13.4. The van der Waals surface area contributed by atoms with Crippen molar-refractivity contribution in [2.24, 2.45) is 11.0 Å². The van der Waals surface area contributed by atoms with E-state index in [1.807, 2.05) is 39.0 Å². The Bertz CT molecular complexity index is 461. The summed E-state index contributed by atoms with van der Waals surface area (Å²) in [5.74, 6) is 0.203. The normalized spacial score (nSPS) is 18.2. The summed E-state index contributed by atoms with van der Waals surface area (Å²) in [6.07, 6.45) is 9.89. The van der Waals surface area contributed by atoms with Crippen LogP contribution in [0.2, 0.25) is 0 Å². The third-order valence-corrected chi connectivity index (χ3v) is 3.21. The SMILES string of the molecule is C=C/C(=N/NC(C)(/C=C\[C@@H](C)C=C)C(C)O)C(=N)/C=C\C. The number of aliphatic hydroxyl groups excluding tert-OH is 1. The molecule has 0 aromatic heterocycles. The Hall–Kier alpha value is -1.94. The Balaban J connectivity index is 5.24. The zero-order valence-corrected chi connectivity index (χ0v) is 13.4. The van der Waals surface area contributed by atoms with Crippen molar-refractivity contribution >= 4 is 11.4 Å². The number of rotatable bonds is 9. The molecule has 0 aliphatic carbocycles. The molecular weight excluding hydrogens is 262 g/mol. The summed E-state index contributed by atoms with van der Waals surface area (Å²) in [6.45, 7) is 14.8. The van der Waals surface area contributed by atoms with E-state index < -0.39 is 11.6 Å². The van der Waals surface area contributed by atoms with Crippen LogP contribution in [-0.2, 0) is 0 Å². The molecule has 21 heavy (non-hydrogen) atoms. The lowest BCUT2D eigenvalue weighted by Gasteiger charge is -2.29. The van der Waals surface area contributed by atoms with Gasteiger partial charge in [0.15, 0.2) is 0 Å². The van der Waals surface area contributed by atoms with Crippen LogP contribution in [0.4, 0.5) is 0 Å². The van der Waals surface area contributed by atoms with Gasteiger partial charge in [-0.25, -0.2) is 0 Å². The molecule has 0 heterocycles. The molecule has 2 unspecified atom stereocenters. The molecule has 3 N–H and O–H groups in total. The maximum Gasteiger partial charge on any atom is 0.107 e. The number of allylic oxidation sites excluding steroid dienone is 5. The minimum Gasteiger partial charge on any atom is -0.391 e. The number of hydrogen-bond donors (Lipinski definition) is 3. The van der Waals surface area contributed by atoms with Crippen molar-refractivity contribution in [1.29, 1.82) is 5.41 Å². The van der Waals surface area contributed by atoms with Crippen molar-refractivity contribution in [3.63, 3.8) is 0 Å². The van der Waals surface area contributed by atoms with Crippen molar-refractivity contribution in [1.82, 2.24) is 5.43 Å². The molecule has 0 saturated carbocycles. The molecule has 116 valence electrons. The minimum absolute atomic E-state index is 0.203. The van der Waals surface area contributed by atoms with E-state index in [1.165, 1.54) is 6.08 Å². The maximum atomic E-state index is 9.98. The Morgan fingerprint density at radius 2 is 2.00 bits per heavy atom. The van der Waals surface area contributed by atoms with E-state index >= 15 is 0 Å². The molecule has 0 rings (SSSR count). The first-order chi connectivity index (χ1) is 9.80. The monoisotopic (exact) mass is 289 g/mol. The molecule has 4 heteroatoms. The van der Waals surface area contributed by atoms with Gasteiger partial charge in [0.2, 0.25) is 0 Å². The second kappa shape index (κ2) is 9.08. The average molecular weight is 289 g/mol. The molecule has 0 spiro atoms. The van der Waals surface area contributed by atoms with Gasteiger partial charge in [-0.15, -0.1) is 6.58 Å². The Labute approximate surface area is 128 Å². The molecule has 0 amide bonds. The fourth-order valence-corrected chi connectivity index (χ4v) is 1.35. The van der Waals surface area contributed by atoms with Gasteiger partial charge in [-0.1, -0.05) is 37.8 Å². The summed E-state index contributed by atoms with van der Waals surface area (Å²) in [6, 6.07) is 0. The number of aliphatic hydroxyl groups is 1. The van der Waals surface area contributed by atoms with Gasteiger partial charge in [0.05, 0.1) is 17.4 Å². The van der Waals surface area contributed by atoms with Crippen LogP contribution >= 0.6 is 0 Å². The van der Waals surface area contributed by atoms with E-state index in [-0.39, 0.29) is 11.6 Å². The zero-order chi connectivity index (χ0) is 16.5. The maximum absolute atomic E-state index is 9.98. The van der Waals surface area contributed by atoms with Crippen LogP contribution in [0.1, 0.15) is 27.7 Å². The lowest BCUT2D eigenvalue weighted by Crippen LogP contribution is -2.47. The lowest BCUT2D eigenvalue weighted by atomic mass is 9.94. The smallest absolute Gasteiger partial charge is 0.107 e. The van der Waals surface area contributed by atoms with Gasteiger partial charge in [0.25, 0.3) is 0 Å². The number of nitrogens with one attached hydrogen (secondary N) is 2. The molecule has 0 bridgehead atoms. The van der Waals surface area contributed by atoms with Crippen molar-refractivity contribution in [2.75, 3.05) is 0 Å². The molecule has 3 atom stereocenters. The molecule has 0 radical (unpaired) electrons. The summed E-state index contributed by atoms with van der Waals surface area (Å²) in [4.78, 5) is 0. The number of hydrogen-bond acceptors (Lipinski definition) is 4. The highest BCUT2D eigenvalue weighted by molar-refractivity contribution is 6.49. The largest absolute Gasteiger partial charge is 0.391 e. The molecule has 0 aliphatic rings. The van der Waals surface area contributed by atoms with E-state index in [2.05, 4.69) is 23.7 Å². The first kappa shape index (κ1) is 19.1. The van der Waals surface area contributed by atoms with Crippen LogP contribution in [0.5, 0.6) is 0 Å². The van der Waals surface area contributed by atoms with E-state index in [0.717, 1.165) is 0 Å². The summed E-state index contributed by atoms with van der Waals surface area (Å²) in [5.41, 5.74) is 2.88. The van der Waals surface area contributed by atoms with Crippen molar-refractivity contribution in [3.05, 3.63) is 49.6 Å². The second-order valence-electron chi connectivity index (χ2n) is 5.14. The quantitative estimate of drug-likeness (QED) is 0.346. The second-order valence-corrected chi connectivity index (χ2v) is 5.14. The Kier molecular flexibility index (Phi) is 8.24. The molecular formula is C17H27N3O. The van der Waals surface area contributed by atoms with Gasteiger partial charge in [0.1, 0.15) is 5.71 Å². The third kappa shape index (κ3) is 6.36. The van der Waals surface area contributed by atoms with Gasteiger partial charge in [0, 0.05) is 0 Å². The summed E-state index contributed by atoms with van der Waals surface area (Å²) < 4.78 is 0. The first-order valence-corrected chi connectivity index (χ1v) is 6.99. The van der Waals surface area contributed by atoms with Crippen LogP contribution in [0, 0.1) is 11.3 Å². The molecule has 0 aliphatic heterocycles. The van der Waals surface area contributed by atoms with Crippen LogP contribution in [0.3, 0.4) is 0 Å². The fourth-order valence-electron chi connectivity index (χ4n) is 1.35.